The van der Waals surface area contributed by atoms with Gasteiger partial charge in [-0.3, -0.25) is 4.79 Å². The molecule has 4 aromatic rings. The first-order valence-electron chi connectivity index (χ1n) is 11.4. The first-order chi connectivity index (χ1) is 17.0. The summed E-state index contributed by atoms with van der Waals surface area (Å²) in [5.74, 6) is -0.311. The van der Waals surface area contributed by atoms with Gasteiger partial charge in [0.25, 0.3) is 0 Å². The lowest BCUT2D eigenvalue weighted by Gasteiger charge is -2.48. The molecule has 3 heterocycles. The number of rotatable bonds is 6. The van der Waals surface area contributed by atoms with E-state index >= 15 is 0 Å². The summed E-state index contributed by atoms with van der Waals surface area (Å²) in [4.78, 5) is 22.1. The topological polar surface area (TPSA) is 66.8 Å². The van der Waals surface area contributed by atoms with Gasteiger partial charge in [0.05, 0.1) is 35.5 Å². The van der Waals surface area contributed by atoms with E-state index in [4.69, 9.17) is 0 Å². The lowest BCUT2D eigenvalue weighted by molar-refractivity contribution is -0.131. The number of imidazole rings is 1. The highest BCUT2D eigenvalue weighted by atomic mass is 127. The number of β-lactam (4-membered cyclic amide) rings is 1. The standard InChI is InChI=1S/C25H20F4IN5O/c1-24(26,27)34-11-15(10-33-34)14-4-6-17(18(8-14)25(28,29)30)22-21(13-2-3-13)23(36)35(22)16-5-7-19-20(9-16)32-12-31-19/h4-13,21-22H,2-3H2,1H3,(H,31,32)/t21?,22-/m1/s1. The lowest BCUT2D eigenvalue weighted by Crippen LogP contribution is -2.56. The number of nitrogens with one attached hydrogen (secondary N) is 1. The zero-order valence-corrected chi connectivity index (χ0v) is 21.1. The number of nitrogens with zero attached hydrogens (tertiary/aromatic N) is 4. The number of alkyl halides is 5. The van der Waals surface area contributed by atoms with Gasteiger partial charge in [0.2, 0.25) is 5.91 Å². The van der Waals surface area contributed by atoms with E-state index in [9.17, 15) is 22.4 Å². The molecule has 2 atom stereocenters. The SMILES string of the molecule is CC(F)(F)n1cc(-c2ccc([C@@H]3C(C4CC4)C(=O)N3c3ccc4[nH]cnc4c3)c(C(F)(F)I)c2)cn1. The number of aromatic amines is 1. The van der Waals surface area contributed by atoms with Crippen molar-refractivity contribution in [3.63, 3.8) is 0 Å². The van der Waals surface area contributed by atoms with Crippen LogP contribution in [0.25, 0.3) is 22.2 Å². The maximum absolute atomic E-state index is 15.0. The van der Waals surface area contributed by atoms with Gasteiger partial charge in [-0.15, -0.1) is 0 Å². The molecule has 1 amide bonds. The molecule has 2 aromatic heterocycles. The van der Waals surface area contributed by atoms with Crippen LogP contribution in [0, 0.1) is 11.8 Å². The third-order valence-electron chi connectivity index (χ3n) is 6.95. The first kappa shape index (κ1) is 23.4. The minimum absolute atomic E-state index is 0.0874. The summed E-state index contributed by atoms with van der Waals surface area (Å²) in [7, 11) is 0. The van der Waals surface area contributed by atoms with Crippen LogP contribution in [-0.2, 0) is 14.8 Å². The van der Waals surface area contributed by atoms with Gasteiger partial charge >= 0.3 is 9.98 Å². The van der Waals surface area contributed by atoms with Crippen LogP contribution < -0.4 is 4.90 Å². The van der Waals surface area contributed by atoms with Gasteiger partial charge < -0.3 is 9.88 Å². The summed E-state index contributed by atoms with van der Waals surface area (Å²) in [5, 5.41) is 3.68. The number of hydrogen-bond acceptors (Lipinski definition) is 3. The Kier molecular flexibility index (Phi) is 5.22. The fourth-order valence-corrected chi connectivity index (χ4v) is 5.51. The fourth-order valence-electron chi connectivity index (χ4n) is 5.04. The normalized spacial score (nSPS) is 20.7. The number of hydrogen-bond donors (Lipinski definition) is 1. The molecule has 6 nitrogen and oxygen atoms in total. The zero-order chi connectivity index (χ0) is 25.4. The Morgan fingerprint density at radius 1 is 1.08 bits per heavy atom. The van der Waals surface area contributed by atoms with Crippen LogP contribution in [0.5, 0.6) is 0 Å². The number of H-pyrrole nitrogens is 1. The second-order valence-corrected chi connectivity index (χ2v) is 10.8. The quantitative estimate of drug-likeness (QED) is 0.116. The number of anilines is 1. The maximum atomic E-state index is 15.0. The minimum Gasteiger partial charge on any atom is -0.345 e. The number of halogens is 5. The highest BCUT2D eigenvalue weighted by Crippen LogP contribution is 2.56. The number of aromatic nitrogens is 4. The van der Waals surface area contributed by atoms with Crippen molar-refractivity contribution in [1.29, 1.82) is 0 Å². The lowest BCUT2D eigenvalue weighted by atomic mass is 9.76. The highest BCUT2D eigenvalue weighted by molar-refractivity contribution is 14.1. The molecule has 0 radical (unpaired) electrons. The molecule has 186 valence electrons. The van der Waals surface area contributed by atoms with Crippen LogP contribution in [-0.4, -0.2) is 25.7 Å². The zero-order valence-electron chi connectivity index (χ0n) is 18.9. The van der Waals surface area contributed by atoms with Crippen molar-refractivity contribution in [2.75, 3.05) is 4.90 Å². The molecule has 0 bridgehead atoms. The van der Waals surface area contributed by atoms with Crippen molar-refractivity contribution in [1.82, 2.24) is 19.7 Å². The molecule has 2 aromatic carbocycles. The van der Waals surface area contributed by atoms with Crippen LogP contribution in [0.3, 0.4) is 0 Å². The molecule has 0 spiro atoms. The molecule has 36 heavy (non-hydrogen) atoms. The van der Waals surface area contributed by atoms with Crippen molar-refractivity contribution in [2.45, 2.75) is 35.8 Å². The Morgan fingerprint density at radius 3 is 2.53 bits per heavy atom. The average Bonchev–Trinajstić information content (AvgIpc) is 3.30. The van der Waals surface area contributed by atoms with Gasteiger partial charge in [-0.2, -0.15) is 22.7 Å². The van der Waals surface area contributed by atoms with Crippen molar-refractivity contribution >= 4 is 45.2 Å². The third-order valence-corrected chi connectivity index (χ3v) is 7.53. The van der Waals surface area contributed by atoms with Crippen molar-refractivity contribution in [3.8, 4) is 11.1 Å². The number of carbonyl (C=O) groups is 1. The largest absolute Gasteiger partial charge is 0.345 e. The monoisotopic (exact) mass is 609 g/mol. The fraction of sp³-hybridized carbons (Fsp3) is 0.320. The minimum atomic E-state index is -3.25. The van der Waals surface area contributed by atoms with Crippen LogP contribution in [0.1, 0.15) is 36.9 Å². The molecule has 11 heteroatoms. The average molecular weight is 609 g/mol. The molecule has 1 aliphatic carbocycles. The first-order valence-corrected chi connectivity index (χ1v) is 12.5. The number of fused-ring (bicyclic) bond motifs is 1. The van der Waals surface area contributed by atoms with E-state index in [1.54, 1.807) is 35.5 Å². The number of carbonyl (C=O) groups excluding carboxylic acids is 1. The number of amides is 1. The smallest absolute Gasteiger partial charge is 0.340 e. The molecule has 1 N–H and O–H groups in total. The number of benzene rings is 2. The molecular formula is C25H20F4IN5O. The summed E-state index contributed by atoms with van der Waals surface area (Å²) in [6.07, 6.45) is 5.69. The molecule has 1 saturated heterocycles. The van der Waals surface area contributed by atoms with E-state index in [-0.39, 0.29) is 23.3 Å². The van der Waals surface area contributed by atoms with Gasteiger partial charge in [-0.1, -0.05) is 12.1 Å². The molecule has 1 unspecified atom stereocenters. The van der Waals surface area contributed by atoms with Gasteiger partial charge in [0, 0.05) is 52.5 Å². The van der Waals surface area contributed by atoms with E-state index in [0.29, 0.717) is 39.5 Å². The second kappa shape index (κ2) is 8.02. The Balaban J connectivity index is 1.45. The van der Waals surface area contributed by atoms with Crippen LogP contribution in [0.4, 0.5) is 23.2 Å². The van der Waals surface area contributed by atoms with E-state index in [0.717, 1.165) is 47.1 Å². The molecule has 1 saturated carbocycles. The van der Waals surface area contributed by atoms with Crippen LogP contribution in [0.2, 0.25) is 0 Å². The second-order valence-electron chi connectivity index (χ2n) is 9.44. The van der Waals surface area contributed by atoms with Gasteiger partial charge in [0.1, 0.15) is 0 Å². The Labute approximate surface area is 216 Å². The molecular weight excluding hydrogens is 589 g/mol. The van der Waals surface area contributed by atoms with Crippen LogP contribution in [0.15, 0.2) is 55.1 Å². The molecule has 2 fully saturated rings. The third kappa shape index (κ3) is 3.87. The maximum Gasteiger partial charge on any atom is 0.340 e. The molecule has 2 aliphatic rings. The summed E-state index contributed by atoms with van der Waals surface area (Å²) < 4.78 is 54.5. The predicted molar refractivity (Wildman–Crippen MR) is 134 cm³/mol. The van der Waals surface area contributed by atoms with E-state index in [1.807, 2.05) is 6.07 Å². The predicted octanol–water partition coefficient (Wildman–Crippen LogP) is 6.59. The Bertz CT molecular complexity index is 1480. The molecule has 6 rings (SSSR count). The van der Waals surface area contributed by atoms with Gasteiger partial charge in [0.15, 0.2) is 0 Å². The van der Waals surface area contributed by atoms with E-state index < -0.39 is 16.0 Å². The van der Waals surface area contributed by atoms with Gasteiger partial charge in [-0.25, -0.2) is 9.67 Å². The molecule has 1 aliphatic heterocycles. The summed E-state index contributed by atoms with van der Waals surface area (Å²) in [6.45, 7) is 0.706. The summed E-state index contributed by atoms with van der Waals surface area (Å²) in [5.41, 5.74) is 2.83. The Morgan fingerprint density at radius 2 is 1.86 bits per heavy atom. The summed E-state index contributed by atoms with van der Waals surface area (Å²) in [6, 6.07) is 6.12. The van der Waals surface area contributed by atoms with Crippen molar-refractivity contribution < 1.29 is 22.4 Å². The van der Waals surface area contributed by atoms with Crippen LogP contribution >= 0.6 is 22.6 Å². The van der Waals surface area contributed by atoms with E-state index in [1.165, 1.54) is 12.3 Å². The van der Waals surface area contributed by atoms with Crippen molar-refractivity contribution in [2.24, 2.45) is 11.8 Å². The Hall–Kier alpha value is -2.96. The highest BCUT2D eigenvalue weighted by Gasteiger charge is 2.56. The van der Waals surface area contributed by atoms with Gasteiger partial charge in [-0.05, 0) is 54.2 Å². The van der Waals surface area contributed by atoms with E-state index in [2.05, 4.69) is 15.1 Å². The summed E-state index contributed by atoms with van der Waals surface area (Å²) >= 11 is 1.08. The van der Waals surface area contributed by atoms with Crippen molar-refractivity contribution in [3.05, 3.63) is 66.2 Å².